The summed E-state index contributed by atoms with van der Waals surface area (Å²) in [5.74, 6) is -0.0689. The van der Waals surface area contributed by atoms with Gasteiger partial charge >= 0.3 is 5.97 Å². The zero-order chi connectivity index (χ0) is 13.1. The van der Waals surface area contributed by atoms with Crippen molar-refractivity contribution in [3.63, 3.8) is 0 Å². The Hall–Kier alpha value is -1.66. The average molecular weight is 266 g/mol. The maximum Gasteiger partial charge on any atom is 0.336 e. The Morgan fingerprint density at radius 1 is 1.50 bits per heavy atom. The smallest absolute Gasteiger partial charge is 0.336 e. The Kier molecular flexibility index (Phi) is 3.78. The van der Waals surface area contributed by atoms with Crippen molar-refractivity contribution in [1.29, 1.82) is 0 Å². The van der Waals surface area contributed by atoms with E-state index < -0.39 is 5.97 Å². The highest BCUT2D eigenvalue weighted by molar-refractivity contribution is 7.10. The van der Waals surface area contributed by atoms with Crippen molar-refractivity contribution in [1.82, 2.24) is 10.5 Å². The predicted molar refractivity (Wildman–Crippen MR) is 67.8 cm³/mol. The Morgan fingerprint density at radius 3 is 2.83 bits per heavy atom. The van der Waals surface area contributed by atoms with E-state index in [1.54, 1.807) is 11.4 Å². The van der Waals surface area contributed by atoms with Gasteiger partial charge < -0.3 is 14.9 Å². The second-order valence-corrected chi connectivity index (χ2v) is 5.01. The summed E-state index contributed by atoms with van der Waals surface area (Å²) in [6.07, 6.45) is 0. The van der Waals surface area contributed by atoms with E-state index in [0.29, 0.717) is 18.7 Å². The van der Waals surface area contributed by atoms with Crippen LogP contribution in [0.3, 0.4) is 0 Å². The molecule has 0 bridgehead atoms. The second-order valence-electron chi connectivity index (χ2n) is 4.01. The minimum atomic E-state index is -0.886. The first kappa shape index (κ1) is 12.8. The van der Waals surface area contributed by atoms with E-state index in [9.17, 15) is 4.79 Å². The quantitative estimate of drug-likeness (QED) is 0.868. The predicted octanol–water partition coefficient (Wildman–Crippen LogP) is 2.34. The van der Waals surface area contributed by atoms with E-state index in [4.69, 9.17) is 9.63 Å². The van der Waals surface area contributed by atoms with Gasteiger partial charge in [-0.1, -0.05) is 5.16 Å². The third-order valence-electron chi connectivity index (χ3n) is 2.68. The molecule has 96 valence electrons. The number of hydrogen-bond donors (Lipinski definition) is 2. The number of carboxylic acids is 1. The molecule has 0 radical (unpaired) electrons. The first-order valence-electron chi connectivity index (χ1n) is 5.51. The van der Waals surface area contributed by atoms with E-state index in [1.165, 1.54) is 11.3 Å². The van der Waals surface area contributed by atoms with Gasteiger partial charge in [-0.2, -0.15) is 0 Å². The topological polar surface area (TPSA) is 75.4 Å². The normalized spacial score (nSPS) is 10.8. The van der Waals surface area contributed by atoms with Crippen molar-refractivity contribution in [2.75, 3.05) is 0 Å². The van der Waals surface area contributed by atoms with Crippen LogP contribution in [-0.4, -0.2) is 16.2 Å². The lowest BCUT2D eigenvalue weighted by atomic mass is 10.2. The van der Waals surface area contributed by atoms with Gasteiger partial charge in [0.2, 0.25) is 0 Å². The van der Waals surface area contributed by atoms with Crippen molar-refractivity contribution < 1.29 is 14.4 Å². The number of carbonyl (C=O) groups is 1. The Labute approximate surface area is 108 Å². The molecule has 0 aromatic carbocycles. The summed E-state index contributed by atoms with van der Waals surface area (Å²) in [4.78, 5) is 11.7. The number of aromatic carboxylic acids is 1. The molecule has 18 heavy (non-hydrogen) atoms. The van der Waals surface area contributed by atoms with Crippen molar-refractivity contribution in [2.24, 2.45) is 0 Å². The maximum atomic E-state index is 10.7. The Balaban J connectivity index is 1.90. The highest BCUT2D eigenvalue weighted by atomic mass is 32.1. The van der Waals surface area contributed by atoms with Crippen LogP contribution in [-0.2, 0) is 13.1 Å². The highest BCUT2D eigenvalue weighted by Crippen LogP contribution is 2.16. The van der Waals surface area contributed by atoms with E-state index >= 15 is 0 Å². The van der Waals surface area contributed by atoms with E-state index in [0.717, 1.165) is 21.9 Å². The number of aromatic nitrogens is 1. The van der Waals surface area contributed by atoms with Crippen molar-refractivity contribution in [3.8, 4) is 0 Å². The van der Waals surface area contributed by atoms with Crippen molar-refractivity contribution in [2.45, 2.75) is 26.9 Å². The molecular weight excluding hydrogens is 252 g/mol. The first-order chi connectivity index (χ1) is 8.58. The minimum absolute atomic E-state index is 0.342. The van der Waals surface area contributed by atoms with Gasteiger partial charge in [0.1, 0.15) is 5.76 Å². The van der Waals surface area contributed by atoms with Gasteiger partial charge in [0.25, 0.3) is 0 Å². The number of rotatable bonds is 5. The van der Waals surface area contributed by atoms with Gasteiger partial charge in [0.05, 0.1) is 11.3 Å². The van der Waals surface area contributed by atoms with Crippen LogP contribution < -0.4 is 5.32 Å². The molecule has 6 heteroatoms. The van der Waals surface area contributed by atoms with Gasteiger partial charge in [0, 0.05) is 28.9 Å². The molecule has 0 aliphatic heterocycles. The lowest BCUT2D eigenvalue weighted by molar-refractivity contribution is 0.0697. The van der Waals surface area contributed by atoms with Gasteiger partial charge in [-0.25, -0.2) is 4.79 Å². The maximum absolute atomic E-state index is 10.7. The van der Waals surface area contributed by atoms with Crippen LogP contribution in [0.15, 0.2) is 16.0 Å². The molecule has 2 heterocycles. The molecule has 0 unspecified atom stereocenters. The molecule has 2 aromatic rings. The van der Waals surface area contributed by atoms with Crippen LogP contribution in [0.5, 0.6) is 0 Å². The average Bonchev–Trinajstić information content (AvgIpc) is 2.90. The molecule has 2 N–H and O–H groups in total. The molecule has 0 aliphatic carbocycles. The molecule has 0 amide bonds. The second kappa shape index (κ2) is 5.32. The van der Waals surface area contributed by atoms with E-state index in [1.807, 2.05) is 13.8 Å². The minimum Gasteiger partial charge on any atom is -0.478 e. The van der Waals surface area contributed by atoms with Crippen LogP contribution in [0, 0.1) is 13.8 Å². The first-order valence-corrected chi connectivity index (χ1v) is 6.39. The zero-order valence-corrected chi connectivity index (χ0v) is 11.0. The molecule has 0 saturated carbocycles. The Bertz CT molecular complexity index is 540. The summed E-state index contributed by atoms with van der Waals surface area (Å²) < 4.78 is 5.07. The number of aryl methyl sites for hydroxylation is 2. The van der Waals surface area contributed by atoms with Gasteiger partial charge in [-0.05, 0) is 19.9 Å². The molecule has 2 aromatic heterocycles. The van der Waals surface area contributed by atoms with Crippen LogP contribution in [0.4, 0.5) is 0 Å². The SMILES string of the molecule is Cc1noc(C)c1CNCc1cc(C(=O)O)cs1. The molecule has 0 aliphatic rings. The fourth-order valence-corrected chi connectivity index (χ4v) is 2.48. The summed E-state index contributed by atoms with van der Waals surface area (Å²) in [5.41, 5.74) is 2.29. The van der Waals surface area contributed by atoms with Crippen molar-refractivity contribution >= 4 is 17.3 Å². The fraction of sp³-hybridized carbons (Fsp3) is 0.333. The number of hydrogen-bond acceptors (Lipinski definition) is 5. The van der Waals surface area contributed by atoms with Crippen LogP contribution in [0.25, 0.3) is 0 Å². The molecule has 0 atom stereocenters. The van der Waals surface area contributed by atoms with E-state index in [2.05, 4.69) is 10.5 Å². The molecule has 2 rings (SSSR count). The molecule has 0 fully saturated rings. The number of carboxylic acid groups (broad SMARTS) is 1. The number of nitrogens with one attached hydrogen (secondary N) is 1. The highest BCUT2D eigenvalue weighted by Gasteiger charge is 2.09. The van der Waals surface area contributed by atoms with E-state index in [-0.39, 0.29) is 0 Å². The molecular formula is C12H14N2O3S. The largest absolute Gasteiger partial charge is 0.478 e. The summed E-state index contributed by atoms with van der Waals surface area (Å²) in [7, 11) is 0. The lowest BCUT2D eigenvalue weighted by Crippen LogP contribution is -2.12. The zero-order valence-electron chi connectivity index (χ0n) is 10.2. The number of nitrogens with zero attached hydrogens (tertiary/aromatic N) is 1. The summed E-state index contributed by atoms with van der Waals surface area (Å²) in [6, 6.07) is 1.69. The third kappa shape index (κ3) is 2.77. The van der Waals surface area contributed by atoms with Crippen LogP contribution in [0.1, 0.15) is 32.3 Å². The third-order valence-corrected chi connectivity index (χ3v) is 3.62. The molecule has 0 spiro atoms. The standard InChI is InChI=1S/C12H14N2O3S/c1-7-11(8(2)17-14-7)5-13-4-10-3-9(6-18-10)12(15)16/h3,6,13H,4-5H2,1-2H3,(H,15,16). The van der Waals surface area contributed by atoms with Gasteiger partial charge in [0.15, 0.2) is 0 Å². The summed E-state index contributed by atoms with van der Waals surface area (Å²) in [5, 5.41) is 17.6. The van der Waals surface area contributed by atoms with Crippen LogP contribution in [0.2, 0.25) is 0 Å². The van der Waals surface area contributed by atoms with Crippen LogP contribution >= 0.6 is 11.3 Å². The van der Waals surface area contributed by atoms with Crippen molar-refractivity contribution in [3.05, 3.63) is 38.9 Å². The lowest BCUT2D eigenvalue weighted by Gasteiger charge is -2.02. The summed E-state index contributed by atoms with van der Waals surface area (Å²) in [6.45, 7) is 5.09. The van der Waals surface area contributed by atoms with Gasteiger partial charge in [-0.15, -0.1) is 11.3 Å². The number of thiophene rings is 1. The fourth-order valence-electron chi connectivity index (χ4n) is 1.65. The molecule has 0 saturated heterocycles. The summed E-state index contributed by atoms with van der Waals surface area (Å²) >= 11 is 1.44. The monoisotopic (exact) mass is 266 g/mol. The molecule has 5 nitrogen and oxygen atoms in total. The Morgan fingerprint density at radius 2 is 2.28 bits per heavy atom. The van der Waals surface area contributed by atoms with Gasteiger partial charge in [-0.3, -0.25) is 0 Å².